The van der Waals surface area contributed by atoms with Crippen molar-refractivity contribution in [3.8, 4) is 0 Å². The van der Waals surface area contributed by atoms with Gasteiger partial charge in [-0.2, -0.15) is 0 Å². The number of carbonyl (C=O) groups excluding carboxylic acids is 1. The van der Waals surface area contributed by atoms with Gasteiger partial charge in [0.2, 0.25) is 5.24 Å². The molecule has 1 aromatic rings. The number of hydrogen-bond acceptors (Lipinski definition) is 4. The minimum absolute atomic E-state index is 0.00435. The van der Waals surface area contributed by atoms with Crippen molar-refractivity contribution in [2.24, 2.45) is 0 Å². The van der Waals surface area contributed by atoms with Crippen LogP contribution in [0.15, 0.2) is 24.3 Å². The number of halogens is 1. The van der Waals surface area contributed by atoms with Crippen LogP contribution in [0.1, 0.15) is 5.56 Å². The largest absolute Gasteiger partial charge is 0.367 e. The number of nitro benzene ring substituents is 1. The number of nitro groups is 1. The lowest BCUT2D eigenvalue weighted by Gasteiger charge is -2.02. The first-order valence-electron chi connectivity index (χ1n) is 4.09. The molecule has 0 aliphatic heterocycles. The van der Waals surface area contributed by atoms with Crippen molar-refractivity contribution < 1.29 is 14.5 Å². The molecule has 0 radical (unpaired) electrons. The molecule has 0 spiro atoms. The second-order valence-electron chi connectivity index (χ2n) is 2.73. The van der Waals surface area contributed by atoms with Gasteiger partial charge in [0, 0.05) is 6.07 Å². The van der Waals surface area contributed by atoms with Crippen molar-refractivity contribution in [2.45, 2.75) is 6.61 Å². The molecule has 0 bridgehead atoms. The molecule has 0 atom stereocenters. The van der Waals surface area contributed by atoms with E-state index in [1.165, 1.54) is 6.07 Å². The van der Waals surface area contributed by atoms with Crippen LogP contribution in [-0.2, 0) is 16.1 Å². The van der Waals surface area contributed by atoms with Gasteiger partial charge in [-0.15, -0.1) is 0 Å². The maximum absolute atomic E-state index is 10.6. The topological polar surface area (TPSA) is 69.4 Å². The van der Waals surface area contributed by atoms with E-state index in [1.54, 1.807) is 18.2 Å². The van der Waals surface area contributed by atoms with Crippen molar-refractivity contribution >= 4 is 22.5 Å². The van der Waals surface area contributed by atoms with Crippen LogP contribution in [0.2, 0.25) is 0 Å². The van der Waals surface area contributed by atoms with Crippen molar-refractivity contribution in [3.63, 3.8) is 0 Å². The van der Waals surface area contributed by atoms with Gasteiger partial charge in [0.25, 0.3) is 5.69 Å². The van der Waals surface area contributed by atoms with Gasteiger partial charge in [-0.25, -0.2) is 0 Å². The van der Waals surface area contributed by atoms with Crippen LogP contribution in [0.3, 0.4) is 0 Å². The number of hydrogen-bond donors (Lipinski definition) is 0. The molecule has 1 aromatic carbocycles. The first-order chi connectivity index (χ1) is 7.11. The molecule has 0 amide bonds. The quantitative estimate of drug-likeness (QED) is 0.439. The summed E-state index contributed by atoms with van der Waals surface area (Å²) in [5.41, 5.74) is 0.389. The monoisotopic (exact) mass is 229 g/mol. The number of nitrogens with zero attached hydrogens (tertiary/aromatic N) is 1. The van der Waals surface area contributed by atoms with E-state index in [2.05, 4.69) is 0 Å². The Morgan fingerprint density at radius 3 is 2.73 bits per heavy atom. The number of para-hydroxylation sites is 1. The molecule has 0 heterocycles. The minimum Gasteiger partial charge on any atom is -0.367 e. The Bertz CT molecular complexity index is 380. The molecule has 5 nitrogen and oxygen atoms in total. The summed E-state index contributed by atoms with van der Waals surface area (Å²) in [7, 11) is 0. The SMILES string of the molecule is O=C(Cl)COCc1ccccc1[N+](=O)[O-]. The summed E-state index contributed by atoms with van der Waals surface area (Å²) < 4.78 is 4.89. The van der Waals surface area contributed by atoms with E-state index in [-0.39, 0.29) is 18.9 Å². The van der Waals surface area contributed by atoms with Gasteiger partial charge in [-0.1, -0.05) is 12.1 Å². The maximum Gasteiger partial charge on any atom is 0.274 e. The molecule has 6 heteroatoms. The third-order valence-electron chi connectivity index (χ3n) is 1.66. The van der Waals surface area contributed by atoms with E-state index in [4.69, 9.17) is 16.3 Å². The third-order valence-corrected chi connectivity index (χ3v) is 1.77. The Labute approximate surface area is 90.8 Å². The smallest absolute Gasteiger partial charge is 0.274 e. The lowest BCUT2D eigenvalue weighted by atomic mass is 10.2. The zero-order valence-corrected chi connectivity index (χ0v) is 8.44. The minimum atomic E-state index is -0.631. The lowest BCUT2D eigenvalue weighted by Crippen LogP contribution is -2.03. The summed E-state index contributed by atoms with van der Waals surface area (Å²) in [5.74, 6) is 0. The molecule has 0 aromatic heterocycles. The van der Waals surface area contributed by atoms with Gasteiger partial charge in [0.1, 0.15) is 6.61 Å². The predicted octanol–water partition coefficient (Wildman–Crippen LogP) is 1.88. The summed E-state index contributed by atoms with van der Waals surface area (Å²) in [6, 6.07) is 6.17. The summed E-state index contributed by atoms with van der Waals surface area (Å²) in [6.07, 6.45) is 0. The molecular weight excluding hydrogens is 222 g/mol. The van der Waals surface area contributed by atoms with Gasteiger partial charge in [-0.05, 0) is 17.7 Å². The summed E-state index contributed by atoms with van der Waals surface area (Å²) in [6.45, 7) is -0.261. The highest BCUT2D eigenvalue weighted by atomic mass is 35.5. The highest BCUT2D eigenvalue weighted by Gasteiger charge is 2.12. The Balaban J connectivity index is 2.67. The van der Waals surface area contributed by atoms with Crippen LogP contribution in [0.4, 0.5) is 5.69 Å². The normalized spacial score (nSPS) is 9.93. The second kappa shape index (κ2) is 5.43. The van der Waals surface area contributed by atoms with Gasteiger partial charge in [0.15, 0.2) is 0 Å². The van der Waals surface area contributed by atoms with Crippen LogP contribution < -0.4 is 0 Å². The molecule has 1 rings (SSSR count). The Morgan fingerprint density at radius 2 is 2.13 bits per heavy atom. The van der Waals surface area contributed by atoms with Crippen LogP contribution in [0, 0.1) is 10.1 Å². The van der Waals surface area contributed by atoms with E-state index >= 15 is 0 Å². The van der Waals surface area contributed by atoms with Crippen LogP contribution in [-0.4, -0.2) is 16.8 Å². The lowest BCUT2D eigenvalue weighted by molar-refractivity contribution is -0.385. The van der Waals surface area contributed by atoms with Crippen LogP contribution in [0.25, 0.3) is 0 Å². The average Bonchev–Trinajstić information content (AvgIpc) is 2.17. The number of benzene rings is 1. The van der Waals surface area contributed by atoms with Gasteiger partial charge >= 0.3 is 0 Å². The maximum atomic E-state index is 10.6. The third kappa shape index (κ3) is 3.65. The molecule has 0 saturated heterocycles. The van der Waals surface area contributed by atoms with Crippen LogP contribution in [0.5, 0.6) is 0 Å². The molecule has 0 fully saturated rings. The highest BCUT2D eigenvalue weighted by Crippen LogP contribution is 2.18. The Morgan fingerprint density at radius 1 is 1.47 bits per heavy atom. The van der Waals surface area contributed by atoms with E-state index < -0.39 is 10.2 Å². The molecule has 80 valence electrons. The molecule has 0 saturated carbocycles. The Kier molecular flexibility index (Phi) is 4.20. The molecule has 0 aliphatic carbocycles. The fourth-order valence-electron chi connectivity index (χ4n) is 1.05. The average molecular weight is 230 g/mol. The molecule has 0 N–H and O–H groups in total. The van der Waals surface area contributed by atoms with Crippen molar-refractivity contribution in [3.05, 3.63) is 39.9 Å². The second-order valence-corrected chi connectivity index (χ2v) is 3.16. The van der Waals surface area contributed by atoms with Crippen molar-refractivity contribution in [2.75, 3.05) is 6.61 Å². The molecular formula is C9H8ClNO4. The van der Waals surface area contributed by atoms with Crippen molar-refractivity contribution in [1.82, 2.24) is 0 Å². The highest BCUT2D eigenvalue weighted by molar-refractivity contribution is 6.63. The zero-order chi connectivity index (χ0) is 11.3. The zero-order valence-electron chi connectivity index (χ0n) is 7.68. The fraction of sp³-hybridized carbons (Fsp3) is 0.222. The summed E-state index contributed by atoms with van der Waals surface area (Å²) >= 11 is 5.05. The van der Waals surface area contributed by atoms with Crippen LogP contribution >= 0.6 is 11.6 Å². The number of ether oxygens (including phenoxy) is 1. The van der Waals surface area contributed by atoms with Gasteiger partial charge in [0.05, 0.1) is 17.1 Å². The van der Waals surface area contributed by atoms with E-state index in [0.717, 1.165) is 0 Å². The number of rotatable bonds is 5. The van der Waals surface area contributed by atoms with Gasteiger partial charge < -0.3 is 4.74 Å². The first kappa shape index (κ1) is 11.6. The van der Waals surface area contributed by atoms with E-state index in [9.17, 15) is 14.9 Å². The molecule has 0 aliphatic rings. The van der Waals surface area contributed by atoms with E-state index in [0.29, 0.717) is 5.56 Å². The summed E-state index contributed by atoms with van der Waals surface area (Å²) in [4.78, 5) is 20.4. The number of carbonyl (C=O) groups is 1. The first-order valence-corrected chi connectivity index (χ1v) is 4.47. The standard InChI is InChI=1S/C9H8ClNO4/c10-9(12)6-15-5-7-3-1-2-4-8(7)11(13)14/h1-4H,5-6H2. The van der Waals surface area contributed by atoms with Crippen molar-refractivity contribution in [1.29, 1.82) is 0 Å². The molecule has 0 unspecified atom stereocenters. The van der Waals surface area contributed by atoms with E-state index in [1.807, 2.05) is 0 Å². The van der Waals surface area contributed by atoms with Gasteiger partial charge in [-0.3, -0.25) is 14.9 Å². The summed E-state index contributed by atoms with van der Waals surface area (Å²) in [5, 5.41) is 9.94. The Hall–Kier alpha value is -1.46. The predicted molar refractivity (Wildman–Crippen MR) is 53.6 cm³/mol. The molecule has 15 heavy (non-hydrogen) atoms. The fourth-order valence-corrected chi connectivity index (χ4v) is 1.13.